The van der Waals surface area contributed by atoms with Gasteiger partial charge in [-0.25, -0.2) is 9.97 Å². The van der Waals surface area contributed by atoms with Gasteiger partial charge in [0.05, 0.1) is 4.92 Å². The molecule has 0 radical (unpaired) electrons. The van der Waals surface area contributed by atoms with E-state index in [-0.39, 0.29) is 11.7 Å². The van der Waals surface area contributed by atoms with Crippen molar-refractivity contribution in [2.45, 2.75) is 26.3 Å². The standard InChI is InChI=1S/C20H28N6O2/c1-4-17-13-19(21-15(2)14-25-11-9-24(3)10-12-25)23-20(22-17)16-5-7-18(8-6-16)26(27)28/h5-8,13,15H,4,9-12,14H2,1-3H3,(H,21,22,23). The number of hydrogen-bond donors (Lipinski definition) is 1. The largest absolute Gasteiger partial charge is 0.366 e. The normalized spacial score (nSPS) is 16.7. The number of rotatable bonds is 7. The molecule has 150 valence electrons. The zero-order valence-electron chi connectivity index (χ0n) is 16.8. The van der Waals surface area contributed by atoms with E-state index in [0.29, 0.717) is 5.82 Å². The van der Waals surface area contributed by atoms with Gasteiger partial charge in [-0.2, -0.15) is 0 Å². The summed E-state index contributed by atoms with van der Waals surface area (Å²) in [6, 6.07) is 8.61. The van der Waals surface area contributed by atoms with Crippen LogP contribution in [0.5, 0.6) is 0 Å². The Kier molecular flexibility index (Phi) is 6.53. The molecule has 1 aromatic heterocycles. The molecule has 1 aromatic carbocycles. The second-order valence-corrected chi connectivity index (χ2v) is 7.37. The number of nitrogens with zero attached hydrogens (tertiary/aromatic N) is 5. The van der Waals surface area contributed by atoms with E-state index >= 15 is 0 Å². The molecule has 1 aliphatic heterocycles. The Labute approximate surface area is 165 Å². The zero-order chi connectivity index (χ0) is 20.1. The average molecular weight is 384 g/mol. The maximum Gasteiger partial charge on any atom is 0.269 e. The highest BCUT2D eigenvalue weighted by atomic mass is 16.6. The Balaban J connectivity index is 1.72. The molecule has 0 aliphatic carbocycles. The summed E-state index contributed by atoms with van der Waals surface area (Å²) in [5.41, 5.74) is 1.78. The number of aryl methyl sites for hydroxylation is 1. The van der Waals surface area contributed by atoms with Crippen molar-refractivity contribution in [3.8, 4) is 11.4 Å². The Hall–Kier alpha value is -2.58. The highest BCUT2D eigenvalue weighted by molar-refractivity contribution is 5.59. The van der Waals surface area contributed by atoms with Gasteiger partial charge in [0.2, 0.25) is 0 Å². The number of anilines is 1. The van der Waals surface area contributed by atoms with Crippen molar-refractivity contribution in [1.82, 2.24) is 19.8 Å². The fourth-order valence-electron chi connectivity index (χ4n) is 3.33. The molecule has 1 unspecified atom stereocenters. The molecule has 28 heavy (non-hydrogen) atoms. The van der Waals surface area contributed by atoms with Gasteiger partial charge in [0.25, 0.3) is 5.69 Å². The molecule has 0 bridgehead atoms. The first-order valence-corrected chi connectivity index (χ1v) is 9.75. The SMILES string of the molecule is CCc1cc(NC(C)CN2CCN(C)CC2)nc(-c2ccc([N+](=O)[O-])cc2)n1. The number of hydrogen-bond acceptors (Lipinski definition) is 7. The third-order valence-corrected chi connectivity index (χ3v) is 5.00. The van der Waals surface area contributed by atoms with E-state index < -0.39 is 4.92 Å². The van der Waals surface area contributed by atoms with Gasteiger partial charge in [0.15, 0.2) is 5.82 Å². The van der Waals surface area contributed by atoms with Crippen LogP contribution >= 0.6 is 0 Å². The van der Waals surface area contributed by atoms with Crippen molar-refractivity contribution < 1.29 is 4.92 Å². The minimum atomic E-state index is -0.403. The topological polar surface area (TPSA) is 87.4 Å². The lowest BCUT2D eigenvalue weighted by atomic mass is 10.2. The molecule has 2 aromatic rings. The first kappa shape index (κ1) is 20.2. The van der Waals surface area contributed by atoms with Crippen molar-refractivity contribution >= 4 is 11.5 Å². The third kappa shape index (κ3) is 5.24. The second-order valence-electron chi connectivity index (χ2n) is 7.37. The summed E-state index contributed by atoms with van der Waals surface area (Å²) in [6.45, 7) is 9.55. The predicted molar refractivity (Wildman–Crippen MR) is 111 cm³/mol. The number of nitro groups is 1. The van der Waals surface area contributed by atoms with Gasteiger partial charge in [-0.1, -0.05) is 6.92 Å². The number of non-ortho nitro benzene ring substituents is 1. The molecule has 1 aliphatic rings. The van der Waals surface area contributed by atoms with E-state index in [4.69, 9.17) is 0 Å². The number of piperazine rings is 1. The predicted octanol–water partition coefficient (Wildman–Crippen LogP) is 2.66. The van der Waals surface area contributed by atoms with Crippen molar-refractivity contribution in [3.63, 3.8) is 0 Å². The first-order chi connectivity index (χ1) is 13.4. The van der Waals surface area contributed by atoms with Crippen molar-refractivity contribution in [1.29, 1.82) is 0 Å². The quantitative estimate of drug-likeness (QED) is 0.580. The van der Waals surface area contributed by atoms with Crippen LogP contribution in [-0.4, -0.2) is 70.5 Å². The average Bonchev–Trinajstić information content (AvgIpc) is 2.69. The first-order valence-electron chi connectivity index (χ1n) is 9.75. The number of likely N-dealkylation sites (N-methyl/N-ethyl adjacent to an activating group) is 1. The van der Waals surface area contributed by atoms with Gasteiger partial charge in [-0.05, 0) is 32.5 Å². The maximum absolute atomic E-state index is 10.9. The monoisotopic (exact) mass is 384 g/mol. The molecular formula is C20H28N6O2. The van der Waals surface area contributed by atoms with Crippen LogP contribution in [0.25, 0.3) is 11.4 Å². The van der Waals surface area contributed by atoms with E-state index in [9.17, 15) is 10.1 Å². The summed E-state index contributed by atoms with van der Waals surface area (Å²) in [6.07, 6.45) is 0.796. The van der Waals surface area contributed by atoms with Crippen LogP contribution in [0, 0.1) is 10.1 Å². The number of nitrogens with one attached hydrogen (secondary N) is 1. The highest BCUT2D eigenvalue weighted by Gasteiger charge is 2.17. The Morgan fingerprint density at radius 3 is 2.46 bits per heavy atom. The smallest absolute Gasteiger partial charge is 0.269 e. The fraction of sp³-hybridized carbons (Fsp3) is 0.500. The van der Waals surface area contributed by atoms with E-state index in [2.05, 4.69) is 46.0 Å². The summed E-state index contributed by atoms with van der Waals surface area (Å²) in [5.74, 6) is 1.38. The molecule has 1 fully saturated rings. The van der Waals surface area contributed by atoms with Crippen molar-refractivity contribution in [2.24, 2.45) is 0 Å². The zero-order valence-corrected chi connectivity index (χ0v) is 16.8. The van der Waals surface area contributed by atoms with Crippen LogP contribution in [-0.2, 0) is 6.42 Å². The molecule has 1 atom stereocenters. The third-order valence-electron chi connectivity index (χ3n) is 5.00. The van der Waals surface area contributed by atoms with Gasteiger partial charge in [0, 0.05) is 68.2 Å². The molecular weight excluding hydrogens is 356 g/mol. The van der Waals surface area contributed by atoms with E-state index in [1.807, 2.05) is 6.07 Å². The van der Waals surface area contributed by atoms with Gasteiger partial charge < -0.3 is 10.2 Å². The number of nitro benzene ring substituents is 1. The van der Waals surface area contributed by atoms with E-state index in [1.165, 1.54) is 12.1 Å². The van der Waals surface area contributed by atoms with Gasteiger partial charge in [-0.3, -0.25) is 15.0 Å². The second kappa shape index (κ2) is 9.07. The molecule has 8 heteroatoms. The Bertz CT molecular complexity index is 803. The summed E-state index contributed by atoms with van der Waals surface area (Å²) in [5, 5.41) is 14.4. The van der Waals surface area contributed by atoms with Crippen LogP contribution in [0.1, 0.15) is 19.5 Å². The van der Waals surface area contributed by atoms with E-state index in [1.54, 1.807) is 12.1 Å². The number of benzene rings is 1. The molecule has 3 rings (SSSR count). The van der Waals surface area contributed by atoms with Crippen molar-refractivity contribution in [3.05, 3.63) is 46.1 Å². The Morgan fingerprint density at radius 2 is 1.86 bits per heavy atom. The highest BCUT2D eigenvalue weighted by Crippen LogP contribution is 2.22. The van der Waals surface area contributed by atoms with Crippen LogP contribution in [0.3, 0.4) is 0 Å². The minimum absolute atomic E-state index is 0.0644. The molecule has 0 saturated carbocycles. The van der Waals surface area contributed by atoms with Crippen LogP contribution in [0.15, 0.2) is 30.3 Å². The summed E-state index contributed by atoms with van der Waals surface area (Å²) in [7, 11) is 2.16. The Morgan fingerprint density at radius 1 is 1.18 bits per heavy atom. The van der Waals surface area contributed by atoms with Crippen LogP contribution in [0.2, 0.25) is 0 Å². The van der Waals surface area contributed by atoms with Crippen molar-refractivity contribution in [2.75, 3.05) is 45.1 Å². The molecule has 1 N–H and O–H groups in total. The lowest BCUT2D eigenvalue weighted by Crippen LogP contribution is -2.47. The fourth-order valence-corrected chi connectivity index (χ4v) is 3.33. The molecule has 0 amide bonds. The van der Waals surface area contributed by atoms with Crippen LogP contribution in [0.4, 0.5) is 11.5 Å². The summed E-state index contributed by atoms with van der Waals surface area (Å²) in [4.78, 5) is 24.5. The lowest BCUT2D eigenvalue weighted by Gasteiger charge is -2.34. The number of aromatic nitrogens is 2. The molecule has 0 spiro atoms. The van der Waals surface area contributed by atoms with Crippen LogP contribution < -0.4 is 5.32 Å². The maximum atomic E-state index is 10.9. The van der Waals surface area contributed by atoms with Gasteiger partial charge >= 0.3 is 0 Å². The van der Waals surface area contributed by atoms with Gasteiger partial charge in [-0.15, -0.1) is 0 Å². The van der Waals surface area contributed by atoms with E-state index in [0.717, 1.165) is 56.2 Å². The van der Waals surface area contributed by atoms with Gasteiger partial charge in [0.1, 0.15) is 5.82 Å². The summed E-state index contributed by atoms with van der Waals surface area (Å²) >= 11 is 0. The summed E-state index contributed by atoms with van der Waals surface area (Å²) < 4.78 is 0. The molecule has 1 saturated heterocycles. The molecule has 2 heterocycles. The molecule has 8 nitrogen and oxygen atoms in total. The lowest BCUT2D eigenvalue weighted by molar-refractivity contribution is -0.384. The minimum Gasteiger partial charge on any atom is -0.366 e.